The van der Waals surface area contributed by atoms with Crippen molar-refractivity contribution >= 4 is 5.91 Å². The monoisotopic (exact) mass is 340 g/mol. The van der Waals surface area contributed by atoms with Gasteiger partial charge in [-0.3, -0.25) is 9.78 Å². The largest absolute Gasteiger partial charge is 0.493 e. The minimum Gasteiger partial charge on any atom is -0.493 e. The van der Waals surface area contributed by atoms with Crippen molar-refractivity contribution in [2.45, 2.75) is 12.6 Å². The van der Waals surface area contributed by atoms with Crippen molar-refractivity contribution in [3.63, 3.8) is 0 Å². The Balaban J connectivity index is 2.09. The Morgan fingerprint density at radius 1 is 1.25 bits per heavy atom. The number of halogens is 3. The van der Waals surface area contributed by atoms with Crippen molar-refractivity contribution in [2.75, 3.05) is 13.7 Å². The third-order valence-electron chi connectivity index (χ3n) is 3.24. The maximum Gasteiger partial charge on any atom is 0.416 e. The summed E-state index contributed by atoms with van der Waals surface area (Å²) in [6, 6.07) is 6.10. The zero-order valence-electron chi connectivity index (χ0n) is 12.8. The normalized spacial score (nSPS) is 11.2. The Morgan fingerprint density at radius 3 is 2.62 bits per heavy atom. The lowest BCUT2D eigenvalue weighted by molar-refractivity contribution is -0.137. The number of rotatable bonds is 6. The van der Waals surface area contributed by atoms with Gasteiger partial charge in [0.25, 0.3) is 5.91 Å². The van der Waals surface area contributed by atoms with Crippen molar-refractivity contribution < 1.29 is 27.4 Å². The standard InChI is InChI=1S/C16H15F3N2O3/c1-23-14-9-10(16(17,18)19)4-5-13(14)24-8-6-12-11(15(20)22)3-2-7-21-12/h2-5,7,9H,6,8H2,1H3,(H2,20,22). The Morgan fingerprint density at radius 2 is 2.00 bits per heavy atom. The van der Waals surface area contributed by atoms with Crippen LogP contribution in [0.5, 0.6) is 11.5 Å². The van der Waals surface area contributed by atoms with Gasteiger partial charge in [0, 0.05) is 12.6 Å². The van der Waals surface area contributed by atoms with Crippen LogP contribution in [0.1, 0.15) is 21.6 Å². The van der Waals surface area contributed by atoms with Crippen molar-refractivity contribution in [2.24, 2.45) is 5.73 Å². The highest BCUT2D eigenvalue weighted by Crippen LogP contribution is 2.36. The smallest absolute Gasteiger partial charge is 0.416 e. The molecular formula is C16H15F3N2O3. The van der Waals surface area contributed by atoms with Crippen LogP contribution >= 0.6 is 0 Å². The van der Waals surface area contributed by atoms with Gasteiger partial charge in [0.15, 0.2) is 11.5 Å². The van der Waals surface area contributed by atoms with E-state index in [1.165, 1.54) is 19.4 Å². The number of methoxy groups -OCH3 is 1. The van der Waals surface area contributed by atoms with Crippen molar-refractivity contribution in [1.82, 2.24) is 4.98 Å². The summed E-state index contributed by atoms with van der Waals surface area (Å²) in [6.45, 7) is 0.0962. The molecule has 0 aliphatic rings. The number of nitrogens with two attached hydrogens (primary N) is 1. The van der Waals surface area contributed by atoms with E-state index < -0.39 is 17.6 Å². The molecule has 0 bridgehead atoms. The molecule has 8 heteroatoms. The summed E-state index contributed by atoms with van der Waals surface area (Å²) in [5, 5.41) is 0. The summed E-state index contributed by atoms with van der Waals surface area (Å²) in [4.78, 5) is 15.4. The molecule has 24 heavy (non-hydrogen) atoms. The molecule has 0 aliphatic heterocycles. The van der Waals surface area contributed by atoms with E-state index in [0.717, 1.165) is 12.1 Å². The molecular weight excluding hydrogens is 325 g/mol. The molecule has 0 fully saturated rings. The molecule has 0 saturated heterocycles. The zero-order chi connectivity index (χ0) is 17.7. The SMILES string of the molecule is COc1cc(C(F)(F)F)ccc1OCCc1ncccc1C(N)=O. The molecule has 1 aromatic carbocycles. The first kappa shape index (κ1) is 17.6. The number of carbonyl (C=O) groups is 1. The minimum atomic E-state index is -4.46. The quantitative estimate of drug-likeness (QED) is 0.877. The van der Waals surface area contributed by atoms with Crippen LogP contribution in [0.25, 0.3) is 0 Å². The van der Waals surface area contributed by atoms with Gasteiger partial charge in [-0.05, 0) is 30.3 Å². The van der Waals surface area contributed by atoms with Crippen molar-refractivity contribution in [3.8, 4) is 11.5 Å². The number of hydrogen-bond donors (Lipinski definition) is 1. The number of aromatic nitrogens is 1. The van der Waals surface area contributed by atoms with Gasteiger partial charge in [0.2, 0.25) is 0 Å². The van der Waals surface area contributed by atoms with E-state index in [0.29, 0.717) is 5.69 Å². The molecule has 0 saturated carbocycles. The fourth-order valence-electron chi connectivity index (χ4n) is 2.08. The second-order valence-electron chi connectivity index (χ2n) is 4.82. The molecule has 0 unspecified atom stereocenters. The number of amides is 1. The Bertz CT molecular complexity index is 733. The average molecular weight is 340 g/mol. The lowest BCUT2D eigenvalue weighted by Crippen LogP contribution is -2.16. The lowest BCUT2D eigenvalue weighted by atomic mass is 10.1. The van der Waals surface area contributed by atoms with Crippen LogP contribution < -0.4 is 15.2 Å². The summed E-state index contributed by atoms with van der Waals surface area (Å²) < 4.78 is 48.4. The summed E-state index contributed by atoms with van der Waals surface area (Å²) in [6.07, 6.45) is -2.68. The Hall–Kier alpha value is -2.77. The summed E-state index contributed by atoms with van der Waals surface area (Å²) >= 11 is 0. The highest BCUT2D eigenvalue weighted by molar-refractivity contribution is 5.93. The third kappa shape index (κ3) is 4.15. The van der Waals surface area contributed by atoms with E-state index in [-0.39, 0.29) is 30.1 Å². The van der Waals surface area contributed by atoms with Gasteiger partial charge in [-0.1, -0.05) is 0 Å². The molecule has 0 aliphatic carbocycles. The molecule has 2 rings (SSSR count). The van der Waals surface area contributed by atoms with Crippen LogP contribution in [-0.2, 0) is 12.6 Å². The van der Waals surface area contributed by atoms with Gasteiger partial charge in [-0.25, -0.2) is 0 Å². The van der Waals surface area contributed by atoms with Crippen molar-refractivity contribution in [1.29, 1.82) is 0 Å². The molecule has 1 aromatic heterocycles. The van der Waals surface area contributed by atoms with Gasteiger partial charge in [0.05, 0.1) is 30.5 Å². The molecule has 0 spiro atoms. The van der Waals surface area contributed by atoms with Crippen LogP contribution in [0.3, 0.4) is 0 Å². The Labute approximate surface area is 136 Å². The van der Waals surface area contributed by atoms with Gasteiger partial charge in [0.1, 0.15) is 0 Å². The van der Waals surface area contributed by atoms with Crippen LogP contribution in [-0.4, -0.2) is 24.6 Å². The number of alkyl halides is 3. The number of ether oxygens (including phenoxy) is 2. The summed E-state index contributed by atoms with van der Waals surface area (Å²) in [5.74, 6) is -0.465. The van der Waals surface area contributed by atoms with Gasteiger partial charge < -0.3 is 15.2 Å². The van der Waals surface area contributed by atoms with E-state index in [1.807, 2.05) is 0 Å². The molecule has 0 radical (unpaired) electrons. The number of nitrogens with zero attached hydrogens (tertiary/aromatic N) is 1. The van der Waals surface area contributed by atoms with Gasteiger partial charge in [-0.15, -0.1) is 0 Å². The first-order chi connectivity index (χ1) is 11.3. The highest BCUT2D eigenvalue weighted by atomic mass is 19.4. The average Bonchev–Trinajstić information content (AvgIpc) is 2.54. The molecule has 1 amide bonds. The number of primary amides is 1. The Kier molecular flexibility index (Phi) is 5.28. The predicted octanol–water partition coefficient (Wildman–Crippen LogP) is 2.83. The minimum absolute atomic E-state index is 0.0269. The summed E-state index contributed by atoms with van der Waals surface area (Å²) in [5.41, 5.74) is 5.16. The van der Waals surface area contributed by atoms with Crippen LogP contribution in [0.15, 0.2) is 36.5 Å². The summed E-state index contributed by atoms with van der Waals surface area (Å²) in [7, 11) is 1.26. The van der Waals surface area contributed by atoms with Gasteiger partial charge in [-0.2, -0.15) is 13.2 Å². The van der Waals surface area contributed by atoms with E-state index in [2.05, 4.69) is 4.98 Å². The van der Waals surface area contributed by atoms with Crippen LogP contribution in [0, 0.1) is 0 Å². The topological polar surface area (TPSA) is 74.4 Å². The molecule has 5 nitrogen and oxygen atoms in total. The maximum atomic E-state index is 12.7. The number of hydrogen-bond acceptors (Lipinski definition) is 4. The van der Waals surface area contributed by atoms with E-state index in [1.54, 1.807) is 12.1 Å². The fraction of sp³-hybridized carbons (Fsp3) is 0.250. The second kappa shape index (κ2) is 7.20. The number of carbonyl (C=O) groups excluding carboxylic acids is 1. The van der Waals surface area contributed by atoms with Gasteiger partial charge >= 0.3 is 6.18 Å². The van der Waals surface area contributed by atoms with Crippen LogP contribution in [0.4, 0.5) is 13.2 Å². The second-order valence-corrected chi connectivity index (χ2v) is 4.82. The van der Waals surface area contributed by atoms with E-state index >= 15 is 0 Å². The van der Waals surface area contributed by atoms with E-state index in [4.69, 9.17) is 15.2 Å². The fourth-order valence-corrected chi connectivity index (χ4v) is 2.08. The molecule has 128 valence electrons. The first-order valence-corrected chi connectivity index (χ1v) is 6.94. The first-order valence-electron chi connectivity index (χ1n) is 6.94. The number of pyridine rings is 1. The zero-order valence-corrected chi connectivity index (χ0v) is 12.8. The lowest BCUT2D eigenvalue weighted by Gasteiger charge is -2.14. The predicted molar refractivity (Wildman–Crippen MR) is 79.9 cm³/mol. The third-order valence-corrected chi connectivity index (χ3v) is 3.24. The molecule has 1 heterocycles. The molecule has 2 N–H and O–H groups in total. The maximum absolute atomic E-state index is 12.7. The van der Waals surface area contributed by atoms with E-state index in [9.17, 15) is 18.0 Å². The number of benzene rings is 1. The van der Waals surface area contributed by atoms with Crippen LogP contribution in [0.2, 0.25) is 0 Å². The molecule has 0 atom stereocenters. The molecule has 2 aromatic rings. The van der Waals surface area contributed by atoms with Crippen molar-refractivity contribution in [3.05, 3.63) is 53.3 Å². The highest BCUT2D eigenvalue weighted by Gasteiger charge is 2.31.